The van der Waals surface area contributed by atoms with Gasteiger partial charge in [-0.3, -0.25) is 4.79 Å². The van der Waals surface area contributed by atoms with Crippen LogP contribution in [-0.2, 0) is 25.5 Å². The first-order chi connectivity index (χ1) is 15.3. The molecule has 0 radical (unpaired) electrons. The van der Waals surface area contributed by atoms with E-state index in [1.165, 1.54) is 12.1 Å². The number of hydrogen-bond donors (Lipinski definition) is 2. The number of benzene rings is 1. The van der Waals surface area contributed by atoms with Crippen LogP contribution in [0.25, 0.3) is 0 Å². The van der Waals surface area contributed by atoms with Crippen LogP contribution in [0.15, 0.2) is 24.3 Å². The van der Waals surface area contributed by atoms with Crippen molar-refractivity contribution < 1.29 is 28.5 Å². The lowest BCUT2D eigenvalue weighted by molar-refractivity contribution is -0.315. The first-order valence-corrected chi connectivity index (χ1v) is 11.7. The fraction of sp³-hybridized carbons (Fsp3) is 0.720. The maximum absolute atomic E-state index is 13.1. The number of methoxy groups -OCH3 is 1. The molecule has 178 valence electrons. The highest BCUT2D eigenvalue weighted by molar-refractivity contribution is 5.76. The number of fused-ring (bicyclic) bond motifs is 3. The Bertz CT molecular complexity index is 804. The Morgan fingerprint density at radius 1 is 1.22 bits per heavy atom. The molecule has 1 amide bonds. The lowest BCUT2D eigenvalue weighted by Gasteiger charge is -2.62. The zero-order chi connectivity index (χ0) is 22.9. The molecular weight excluding hydrogens is 413 g/mol. The number of halogens is 1. The summed E-state index contributed by atoms with van der Waals surface area (Å²) in [6, 6.07) is 6.13. The Labute approximate surface area is 189 Å². The third-order valence-corrected chi connectivity index (χ3v) is 8.34. The van der Waals surface area contributed by atoms with Crippen LogP contribution in [-0.4, -0.2) is 49.8 Å². The number of carbonyl (C=O) groups excluding carboxylic acids is 1. The van der Waals surface area contributed by atoms with Gasteiger partial charge in [-0.05, 0) is 60.6 Å². The summed E-state index contributed by atoms with van der Waals surface area (Å²) in [7, 11) is 1.65. The summed E-state index contributed by atoms with van der Waals surface area (Å²) in [6.45, 7) is 5.85. The van der Waals surface area contributed by atoms with Crippen molar-refractivity contribution >= 4 is 5.91 Å². The first kappa shape index (κ1) is 23.6. The van der Waals surface area contributed by atoms with E-state index >= 15 is 0 Å². The molecule has 3 aliphatic rings. The highest BCUT2D eigenvalue weighted by Gasteiger charge is 2.61. The van der Waals surface area contributed by atoms with Gasteiger partial charge in [-0.2, -0.15) is 0 Å². The van der Waals surface area contributed by atoms with Crippen LogP contribution in [0.3, 0.4) is 0 Å². The van der Waals surface area contributed by atoms with Crippen molar-refractivity contribution in [1.82, 2.24) is 5.32 Å². The van der Waals surface area contributed by atoms with E-state index in [0.717, 1.165) is 24.8 Å². The van der Waals surface area contributed by atoms with E-state index in [1.807, 2.05) is 0 Å². The summed E-state index contributed by atoms with van der Waals surface area (Å²) in [5, 5.41) is 13.9. The zero-order valence-corrected chi connectivity index (χ0v) is 19.3. The highest BCUT2D eigenvalue weighted by Crippen LogP contribution is 2.62. The van der Waals surface area contributed by atoms with Gasteiger partial charge in [-0.25, -0.2) is 4.39 Å². The van der Waals surface area contributed by atoms with E-state index in [9.17, 15) is 14.3 Å². The highest BCUT2D eigenvalue weighted by atomic mass is 19.1. The molecule has 1 aromatic carbocycles. The maximum Gasteiger partial charge on any atom is 0.220 e. The standard InChI is InChI=1S/C25H36FNO5/c1-24-11-10-21-25(2,15-31-23(32-21)14-30-3)20(24)9-8-19(28)18(24)12-22(29)27-13-16-4-6-17(26)7-5-16/h4-7,18-21,23,28H,8-15H2,1-3H3,(H,27,29)/t18-,19-,20-,21+,23-,24+,25+/m1/s1. The molecule has 3 fully saturated rings. The molecule has 0 unspecified atom stereocenters. The van der Waals surface area contributed by atoms with E-state index < -0.39 is 6.10 Å². The summed E-state index contributed by atoms with van der Waals surface area (Å²) in [6.07, 6.45) is 2.92. The molecule has 32 heavy (non-hydrogen) atoms. The minimum Gasteiger partial charge on any atom is -0.393 e. The number of aliphatic hydroxyl groups is 1. The number of aliphatic hydroxyl groups excluding tert-OH is 1. The summed E-state index contributed by atoms with van der Waals surface area (Å²) in [5.41, 5.74) is 0.528. The van der Waals surface area contributed by atoms with Gasteiger partial charge < -0.3 is 24.6 Å². The van der Waals surface area contributed by atoms with E-state index in [-0.39, 0.29) is 47.3 Å². The monoisotopic (exact) mass is 449 g/mol. The summed E-state index contributed by atoms with van der Waals surface area (Å²) < 4.78 is 30.6. The van der Waals surface area contributed by atoms with Crippen molar-refractivity contribution in [2.24, 2.45) is 22.7 Å². The molecule has 2 N–H and O–H groups in total. The van der Waals surface area contributed by atoms with Crippen LogP contribution >= 0.6 is 0 Å². The minimum atomic E-state index is -0.500. The van der Waals surface area contributed by atoms with Gasteiger partial charge in [0.1, 0.15) is 5.82 Å². The molecule has 1 heterocycles. The molecule has 1 aromatic rings. The second kappa shape index (κ2) is 9.37. The summed E-state index contributed by atoms with van der Waals surface area (Å²) >= 11 is 0. The molecule has 1 aliphatic heterocycles. The van der Waals surface area contributed by atoms with Gasteiger partial charge in [0, 0.05) is 25.5 Å². The lowest BCUT2D eigenvalue weighted by atomic mass is 9.46. The van der Waals surface area contributed by atoms with Gasteiger partial charge in [0.05, 0.1) is 25.4 Å². The van der Waals surface area contributed by atoms with E-state index in [1.54, 1.807) is 19.2 Å². The topological polar surface area (TPSA) is 77.0 Å². The zero-order valence-electron chi connectivity index (χ0n) is 19.3. The maximum atomic E-state index is 13.1. The number of amides is 1. The first-order valence-electron chi connectivity index (χ1n) is 11.7. The van der Waals surface area contributed by atoms with Gasteiger partial charge in [0.15, 0.2) is 6.29 Å². The number of rotatable bonds is 6. The second-order valence-corrected chi connectivity index (χ2v) is 10.3. The van der Waals surface area contributed by atoms with E-state index in [2.05, 4.69) is 19.2 Å². The molecule has 0 aromatic heterocycles. The Morgan fingerprint density at radius 2 is 1.97 bits per heavy atom. The molecule has 0 spiro atoms. The Hall–Kier alpha value is -1.54. The Balaban J connectivity index is 1.44. The second-order valence-electron chi connectivity index (χ2n) is 10.3. The predicted octanol–water partition coefficient (Wildman–Crippen LogP) is 3.41. The van der Waals surface area contributed by atoms with Crippen LogP contribution in [0, 0.1) is 28.5 Å². The predicted molar refractivity (Wildman–Crippen MR) is 117 cm³/mol. The van der Waals surface area contributed by atoms with Gasteiger partial charge in [-0.15, -0.1) is 0 Å². The molecule has 2 aliphatic carbocycles. The van der Waals surface area contributed by atoms with Gasteiger partial charge in [0.2, 0.25) is 5.91 Å². The SMILES string of the molecule is COC[C@@H]1OC[C@@]2(C)[C@@H]3CC[C@@H](O)[C@@H](CC(=O)NCc4ccc(F)cc4)[C@]3(C)CC[C@@H]2O1. The minimum absolute atomic E-state index is 0.0798. The fourth-order valence-corrected chi connectivity index (χ4v) is 6.58. The van der Waals surface area contributed by atoms with E-state index in [4.69, 9.17) is 14.2 Å². The molecule has 4 rings (SSSR count). The number of nitrogens with one attached hydrogen (secondary N) is 1. The van der Waals surface area contributed by atoms with Gasteiger partial charge >= 0.3 is 0 Å². The van der Waals surface area contributed by atoms with Gasteiger partial charge in [-0.1, -0.05) is 26.0 Å². The van der Waals surface area contributed by atoms with Crippen molar-refractivity contribution in [2.75, 3.05) is 20.3 Å². The molecule has 2 saturated carbocycles. The smallest absolute Gasteiger partial charge is 0.220 e. The molecule has 0 bridgehead atoms. The van der Waals surface area contributed by atoms with Crippen LogP contribution in [0.1, 0.15) is 51.5 Å². The molecule has 6 nitrogen and oxygen atoms in total. The average molecular weight is 450 g/mol. The number of hydrogen-bond acceptors (Lipinski definition) is 5. The molecule has 7 atom stereocenters. The number of ether oxygens (including phenoxy) is 3. The Morgan fingerprint density at radius 3 is 2.69 bits per heavy atom. The average Bonchev–Trinajstić information content (AvgIpc) is 2.76. The fourth-order valence-electron chi connectivity index (χ4n) is 6.58. The lowest BCUT2D eigenvalue weighted by Crippen LogP contribution is -2.63. The van der Waals surface area contributed by atoms with Crippen molar-refractivity contribution in [1.29, 1.82) is 0 Å². The molecule has 1 saturated heterocycles. The van der Waals surface area contributed by atoms with Gasteiger partial charge in [0.25, 0.3) is 0 Å². The molecule has 7 heteroatoms. The summed E-state index contributed by atoms with van der Waals surface area (Å²) in [5.74, 6) is -0.194. The molecular formula is C25H36FNO5. The van der Waals surface area contributed by atoms with Crippen molar-refractivity contribution in [2.45, 2.75) is 71.0 Å². The van der Waals surface area contributed by atoms with Crippen LogP contribution < -0.4 is 5.32 Å². The normalized spacial score (nSPS) is 39.1. The van der Waals surface area contributed by atoms with Crippen molar-refractivity contribution in [3.8, 4) is 0 Å². The quantitative estimate of drug-likeness (QED) is 0.696. The third kappa shape index (κ3) is 4.45. The van der Waals surface area contributed by atoms with Crippen molar-refractivity contribution in [3.05, 3.63) is 35.6 Å². The van der Waals surface area contributed by atoms with Crippen molar-refractivity contribution in [3.63, 3.8) is 0 Å². The van der Waals surface area contributed by atoms with Crippen LogP contribution in [0.4, 0.5) is 4.39 Å². The number of carbonyl (C=O) groups is 1. The third-order valence-electron chi connectivity index (χ3n) is 8.34. The summed E-state index contributed by atoms with van der Waals surface area (Å²) in [4.78, 5) is 12.8. The van der Waals surface area contributed by atoms with Crippen LogP contribution in [0.5, 0.6) is 0 Å². The largest absolute Gasteiger partial charge is 0.393 e. The van der Waals surface area contributed by atoms with E-state index in [0.29, 0.717) is 32.1 Å². The Kier molecular flexibility index (Phi) is 6.92. The van der Waals surface area contributed by atoms with Crippen LogP contribution in [0.2, 0.25) is 0 Å².